The van der Waals surface area contributed by atoms with Gasteiger partial charge in [0, 0.05) is 13.0 Å². The van der Waals surface area contributed by atoms with Crippen LogP contribution in [0.25, 0.3) is 0 Å². The van der Waals surface area contributed by atoms with E-state index in [0.29, 0.717) is 0 Å². The van der Waals surface area contributed by atoms with E-state index in [2.05, 4.69) is 0 Å². The molecule has 2 amide bonds. The maximum absolute atomic E-state index is 13.0. The molecule has 0 saturated heterocycles. The van der Waals surface area contributed by atoms with E-state index in [-0.39, 0.29) is 59.1 Å². The Morgan fingerprint density at radius 2 is 1.18 bits per heavy atom. The van der Waals surface area contributed by atoms with Crippen LogP contribution in [0, 0.1) is 0 Å². The first-order chi connectivity index (χ1) is 17.3. The Labute approximate surface area is 245 Å². The van der Waals surface area contributed by atoms with E-state index in [1.165, 1.54) is 0 Å². The van der Waals surface area contributed by atoms with Crippen LogP contribution in [-0.4, -0.2) is 149 Å². The number of carbonyl (C=O) groups is 2. The first-order valence-electron chi connectivity index (χ1n) is 10.5. The van der Waals surface area contributed by atoms with Gasteiger partial charge in [-0.25, -0.2) is 14.5 Å². The predicted octanol–water partition coefficient (Wildman–Crippen LogP) is -6.79. The fourth-order valence-corrected chi connectivity index (χ4v) is 3.15. The maximum atomic E-state index is 13.0. The van der Waals surface area contributed by atoms with Gasteiger partial charge in [0.15, 0.2) is 13.5 Å². The summed E-state index contributed by atoms with van der Waals surface area (Å²) in [6.45, 7) is 1.67. The summed E-state index contributed by atoms with van der Waals surface area (Å²) < 4.78 is 46.9. The molecule has 39 heavy (non-hydrogen) atoms. The van der Waals surface area contributed by atoms with Gasteiger partial charge < -0.3 is 50.1 Å². The molecule has 17 nitrogen and oxygen atoms in total. The van der Waals surface area contributed by atoms with Crippen LogP contribution < -0.4 is 34.5 Å². The Hall–Kier alpha value is -0.310. The number of halogens is 2. The number of aliphatic hydroxyl groups is 7. The largest absolute Gasteiger partial charge is 1.00 e. The average molecular weight is 631 g/mol. The summed E-state index contributed by atoms with van der Waals surface area (Å²) in [6, 6.07) is 0. The number of hydrogen-bond acceptors (Lipinski definition) is 14. The second-order valence-corrected chi connectivity index (χ2v) is 10.8. The molecule has 22 heteroatoms. The quantitative estimate of drug-likeness (QED) is 0.0249. The SMILES string of the molecule is CCO.C[P+](=O)C(F)C[C@@H](O)[C@@H](O)[C@@H](O)CN(O)C=O.O=CN(O)C[C@H](O)[C@H](O)[C@H](O)CC(F)P(=O)([O-])O.[Na+]. The minimum atomic E-state index is -5.30. The van der Waals surface area contributed by atoms with Crippen molar-refractivity contribution >= 4 is 28.2 Å². The molecule has 0 aromatic heterocycles. The molecule has 0 rings (SSSR count). The summed E-state index contributed by atoms with van der Waals surface area (Å²) >= 11 is 0. The smallest absolute Gasteiger partial charge is 0.777 e. The van der Waals surface area contributed by atoms with Crippen LogP contribution in [0.15, 0.2) is 0 Å². The molecular formula is C17H36F2N2NaO15P2+. The van der Waals surface area contributed by atoms with Gasteiger partial charge >= 0.3 is 37.4 Å². The first-order valence-corrected chi connectivity index (χ1v) is 13.9. The molecule has 0 heterocycles. The van der Waals surface area contributed by atoms with E-state index in [1.54, 1.807) is 6.92 Å². The third kappa shape index (κ3) is 23.0. The van der Waals surface area contributed by atoms with E-state index in [9.17, 15) is 63.0 Å². The molecule has 0 aliphatic rings. The fraction of sp³-hybridized carbons (Fsp3) is 0.882. The third-order valence-electron chi connectivity index (χ3n) is 4.19. The Morgan fingerprint density at radius 3 is 1.44 bits per heavy atom. The molecule has 0 bridgehead atoms. The summed E-state index contributed by atoms with van der Waals surface area (Å²) in [6.07, 6.45) is -12.7. The molecule has 0 saturated carbocycles. The monoisotopic (exact) mass is 631 g/mol. The zero-order valence-electron chi connectivity index (χ0n) is 21.4. The average Bonchev–Trinajstić information content (AvgIpc) is 2.82. The van der Waals surface area contributed by atoms with Crippen LogP contribution in [-0.2, 0) is 18.7 Å². The summed E-state index contributed by atoms with van der Waals surface area (Å²) in [7, 11) is -7.44. The molecular weight excluding hydrogens is 595 g/mol. The van der Waals surface area contributed by atoms with E-state index >= 15 is 0 Å². The molecule has 228 valence electrons. The van der Waals surface area contributed by atoms with E-state index < -0.39 is 89.8 Å². The number of alkyl halides is 2. The molecule has 0 spiro atoms. The minimum absolute atomic E-state index is 0. The summed E-state index contributed by atoms with van der Waals surface area (Å²) in [5.74, 6) is -4.59. The van der Waals surface area contributed by atoms with Crippen LogP contribution in [0.1, 0.15) is 19.8 Å². The van der Waals surface area contributed by atoms with Crippen LogP contribution in [0.5, 0.6) is 0 Å². The van der Waals surface area contributed by atoms with Crippen molar-refractivity contribution in [2.75, 3.05) is 26.4 Å². The van der Waals surface area contributed by atoms with E-state index in [4.69, 9.17) is 20.4 Å². The topological polar surface area (TPSA) is 300 Å². The Balaban J connectivity index is -0.000000279. The molecule has 0 fully saturated rings. The van der Waals surface area contributed by atoms with Gasteiger partial charge in [0.1, 0.15) is 31.1 Å². The maximum Gasteiger partial charge on any atom is 1.00 e. The van der Waals surface area contributed by atoms with E-state index in [0.717, 1.165) is 6.66 Å². The Bertz CT molecular complexity index is 717. The van der Waals surface area contributed by atoms with Gasteiger partial charge in [-0.2, -0.15) is 4.39 Å². The van der Waals surface area contributed by atoms with Crippen molar-refractivity contribution in [3.8, 4) is 0 Å². The van der Waals surface area contributed by atoms with Crippen molar-refractivity contribution < 1.29 is 113 Å². The van der Waals surface area contributed by atoms with Crippen molar-refractivity contribution in [1.29, 1.82) is 0 Å². The number of nitrogens with zero attached hydrogens (tertiary/aromatic N) is 2. The van der Waals surface area contributed by atoms with Crippen LogP contribution in [0.3, 0.4) is 0 Å². The van der Waals surface area contributed by atoms with Gasteiger partial charge in [-0.15, -0.1) is 0 Å². The Morgan fingerprint density at radius 1 is 0.872 bits per heavy atom. The number of hydrogen-bond donors (Lipinski definition) is 10. The van der Waals surface area contributed by atoms with Crippen molar-refractivity contribution in [3.63, 3.8) is 0 Å². The standard InChI is InChI=1S/C8H16FNO6P.C7H15FNO8P.C2H6O.Na/c1-17(16)7(9)2-5(12)8(14)6(13)3-10(15)4-11;8-6(18(15,16)17)1-4(11)7(13)5(12)2-9(14)3-10;1-2-3;/h4-8,12-15H,2-3H2,1H3;3-7,11-14H,1-2H2,(H2,15,16,17);3H,2H2,1H3;/q+1;;;+1/p-1/t5-,6+,7?,8-;4-,5+,6?,7-;;/m11../s1. The van der Waals surface area contributed by atoms with Gasteiger partial charge in [-0.3, -0.25) is 20.0 Å². The Kier molecular flexibility index (Phi) is 28.5. The molecule has 0 aliphatic heterocycles. The second kappa shape index (κ2) is 24.3. The third-order valence-corrected chi connectivity index (χ3v) is 6.11. The summed E-state index contributed by atoms with van der Waals surface area (Å²) in [5.41, 5.74) is 0. The van der Waals surface area contributed by atoms with E-state index in [1.807, 2.05) is 0 Å². The zero-order valence-corrected chi connectivity index (χ0v) is 25.2. The molecule has 10 N–H and O–H groups in total. The number of rotatable bonds is 16. The number of hydroxylamine groups is 4. The first kappa shape index (κ1) is 45.7. The molecule has 4 unspecified atom stereocenters. The second-order valence-electron chi connectivity index (χ2n) is 7.47. The van der Waals surface area contributed by atoms with Crippen molar-refractivity contribution in [3.05, 3.63) is 0 Å². The van der Waals surface area contributed by atoms with Crippen molar-refractivity contribution in [2.45, 2.75) is 68.2 Å². The fourth-order valence-electron chi connectivity index (χ4n) is 2.16. The normalized spacial score (nSPS) is 18.7. The van der Waals surface area contributed by atoms with Crippen molar-refractivity contribution in [1.82, 2.24) is 10.1 Å². The number of carbonyl (C=O) groups excluding carboxylic acids is 2. The molecule has 0 aliphatic carbocycles. The van der Waals surface area contributed by atoms with Gasteiger partial charge in [-0.1, -0.05) is 4.57 Å². The predicted molar refractivity (Wildman–Crippen MR) is 120 cm³/mol. The van der Waals surface area contributed by atoms with Crippen LogP contribution >= 0.6 is 15.4 Å². The summed E-state index contributed by atoms with van der Waals surface area (Å²) in [4.78, 5) is 38.7. The van der Waals surface area contributed by atoms with Gasteiger partial charge in [0.2, 0.25) is 12.8 Å². The molecule has 0 radical (unpaired) electrons. The van der Waals surface area contributed by atoms with Gasteiger partial charge in [0.05, 0.1) is 31.7 Å². The minimum Gasteiger partial charge on any atom is -0.777 e. The number of aliphatic hydroxyl groups excluding tert-OH is 7. The molecule has 0 aromatic carbocycles. The zero-order chi connectivity index (χ0) is 30.8. The molecule has 10 atom stereocenters. The van der Waals surface area contributed by atoms with Gasteiger partial charge in [-0.05, 0) is 6.92 Å². The number of amides is 2. The van der Waals surface area contributed by atoms with Crippen LogP contribution in [0.2, 0.25) is 0 Å². The summed E-state index contributed by atoms with van der Waals surface area (Å²) in [5, 5.41) is 80.6. The van der Waals surface area contributed by atoms with Gasteiger partial charge in [0.25, 0.3) is 5.91 Å². The molecule has 0 aromatic rings. The van der Waals surface area contributed by atoms with Crippen molar-refractivity contribution in [2.24, 2.45) is 0 Å². The van der Waals surface area contributed by atoms with Crippen LogP contribution in [0.4, 0.5) is 8.78 Å².